The molecule has 0 bridgehead atoms. The molecule has 2 rings (SSSR count). The summed E-state index contributed by atoms with van der Waals surface area (Å²) in [7, 11) is 0. The van der Waals surface area contributed by atoms with E-state index >= 15 is 0 Å². The van der Waals surface area contributed by atoms with Gasteiger partial charge in [0.15, 0.2) is 0 Å². The van der Waals surface area contributed by atoms with Crippen LogP contribution in [0, 0.1) is 6.92 Å². The summed E-state index contributed by atoms with van der Waals surface area (Å²) in [4.78, 5) is 12.2. The molecule has 3 nitrogen and oxygen atoms in total. The van der Waals surface area contributed by atoms with Crippen LogP contribution in [0.4, 0.5) is 5.69 Å². The molecule has 1 amide bonds. The minimum Gasteiger partial charge on any atom is -0.322 e. The Morgan fingerprint density at radius 2 is 1.90 bits per heavy atom. The molecule has 0 aliphatic heterocycles. The van der Waals surface area contributed by atoms with Crippen LogP contribution in [0.25, 0.3) is 0 Å². The van der Waals surface area contributed by atoms with E-state index in [9.17, 15) is 4.79 Å². The van der Waals surface area contributed by atoms with Crippen molar-refractivity contribution in [3.8, 4) is 0 Å². The first-order chi connectivity index (χ1) is 9.70. The number of benzene rings is 2. The predicted molar refractivity (Wildman–Crippen MR) is 83.0 cm³/mol. The number of carbonyl (C=O) groups excluding carboxylic acids is 1. The standard InChI is InChI=1S/C17H20N2O/c1-3-18-12-14-8-6-9-15(11-14)19-17(20)16-10-5-4-7-13(16)2/h4-11,18H,3,12H2,1-2H3,(H,19,20). The van der Waals surface area contributed by atoms with E-state index in [1.165, 1.54) is 0 Å². The molecule has 0 heterocycles. The molecule has 2 aromatic carbocycles. The number of rotatable bonds is 5. The van der Waals surface area contributed by atoms with Crippen LogP contribution >= 0.6 is 0 Å². The van der Waals surface area contributed by atoms with Gasteiger partial charge in [0.05, 0.1) is 0 Å². The molecule has 0 aromatic heterocycles. The summed E-state index contributed by atoms with van der Waals surface area (Å²) in [5, 5.41) is 6.22. The first-order valence-corrected chi connectivity index (χ1v) is 6.87. The monoisotopic (exact) mass is 268 g/mol. The fraction of sp³-hybridized carbons (Fsp3) is 0.235. The Bertz CT molecular complexity index is 593. The summed E-state index contributed by atoms with van der Waals surface area (Å²) in [6.45, 7) is 5.75. The maximum absolute atomic E-state index is 12.2. The van der Waals surface area contributed by atoms with E-state index in [-0.39, 0.29) is 5.91 Å². The number of nitrogens with one attached hydrogen (secondary N) is 2. The third-order valence-corrected chi connectivity index (χ3v) is 3.15. The number of amides is 1. The maximum atomic E-state index is 12.2. The lowest BCUT2D eigenvalue weighted by molar-refractivity contribution is 0.102. The van der Waals surface area contributed by atoms with Crippen LogP contribution in [0.2, 0.25) is 0 Å². The second kappa shape index (κ2) is 6.87. The third-order valence-electron chi connectivity index (χ3n) is 3.15. The van der Waals surface area contributed by atoms with Crippen LogP contribution in [-0.4, -0.2) is 12.5 Å². The Morgan fingerprint density at radius 1 is 1.10 bits per heavy atom. The summed E-state index contributed by atoms with van der Waals surface area (Å²) in [6, 6.07) is 15.5. The molecular formula is C17H20N2O. The average Bonchev–Trinajstić information content (AvgIpc) is 2.46. The Hall–Kier alpha value is -2.13. The molecule has 2 N–H and O–H groups in total. The van der Waals surface area contributed by atoms with Crippen molar-refractivity contribution < 1.29 is 4.79 Å². The summed E-state index contributed by atoms with van der Waals surface area (Å²) < 4.78 is 0. The van der Waals surface area contributed by atoms with Gasteiger partial charge in [-0.05, 0) is 42.8 Å². The van der Waals surface area contributed by atoms with Crippen LogP contribution in [0.5, 0.6) is 0 Å². The average molecular weight is 268 g/mol. The smallest absolute Gasteiger partial charge is 0.255 e. The van der Waals surface area contributed by atoms with Gasteiger partial charge in [-0.1, -0.05) is 37.3 Å². The van der Waals surface area contributed by atoms with Gasteiger partial charge < -0.3 is 10.6 Å². The van der Waals surface area contributed by atoms with Crippen molar-refractivity contribution in [2.45, 2.75) is 20.4 Å². The van der Waals surface area contributed by atoms with Gasteiger partial charge in [0.25, 0.3) is 5.91 Å². The fourth-order valence-electron chi connectivity index (χ4n) is 2.05. The topological polar surface area (TPSA) is 41.1 Å². The van der Waals surface area contributed by atoms with Crippen LogP contribution in [0.1, 0.15) is 28.4 Å². The van der Waals surface area contributed by atoms with E-state index in [1.54, 1.807) is 0 Å². The zero-order chi connectivity index (χ0) is 14.4. The number of aryl methyl sites for hydroxylation is 1. The highest BCUT2D eigenvalue weighted by Gasteiger charge is 2.08. The number of hydrogen-bond donors (Lipinski definition) is 2. The molecular weight excluding hydrogens is 248 g/mol. The van der Waals surface area contributed by atoms with Crippen molar-refractivity contribution in [2.24, 2.45) is 0 Å². The van der Waals surface area contributed by atoms with Crippen LogP contribution in [-0.2, 0) is 6.54 Å². The van der Waals surface area contributed by atoms with E-state index in [0.717, 1.165) is 29.9 Å². The zero-order valence-electron chi connectivity index (χ0n) is 11.9. The number of carbonyl (C=O) groups is 1. The Labute approximate surface area is 120 Å². The van der Waals surface area contributed by atoms with Crippen LogP contribution in [0.15, 0.2) is 48.5 Å². The quantitative estimate of drug-likeness (QED) is 0.873. The molecule has 0 atom stereocenters. The van der Waals surface area contributed by atoms with E-state index < -0.39 is 0 Å². The molecule has 0 saturated carbocycles. The van der Waals surface area contributed by atoms with Gasteiger partial charge in [-0.15, -0.1) is 0 Å². The molecule has 0 saturated heterocycles. The predicted octanol–water partition coefficient (Wildman–Crippen LogP) is 3.36. The molecule has 0 aliphatic carbocycles. The van der Waals surface area contributed by atoms with Gasteiger partial charge in [0.1, 0.15) is 0 Å². The summed E-state index contributed by atoms with van der Waals surface area (Å²) in [5.41, 5.74) is 3.68. The van der Waals surface area contributed by atoms with Gasteiger partial charge >= 0.3 is 0 Å². The highest BCUT2D eigenvalue weighted by molar-refractivity contribution is 6.05. The second-order valence-corrected chi connectivity index (χ2v) is 4.75. The van der Waals surface area contributed by atoms with Gasteiger partial charge in [-0.3, -0.25) is 4.79 Å². The largest absolute Gasteiger partial charge is 0.322 e. The highest BCUT2D eigenvalue weighted by Crippen LogP contribution is 2.14. The van der Waals surface area contributed by atoms with E-state index in [0.29, 0.717) is 5.56 Å². The number of hydrogen-bond acceptors (Lipinski definition) is 2. The minimum absolute atomic E-state index is 0.0660. The molecule has 0 spiro atoms. The number of anilines is 1. The zero-order valence-corrected chi connectivity index (χ0v) is 11.9. The Kier molecular flexibility index (Phi) is 4.91. The highest BCUT2D eigenvalue weighted by atomic mass is 16.1. The summed E-state index contributed by atoms with van der Waals surface area (Å²) in [6.07, 6.45) is 0. The van der Waals surface area contributed by atoms with Gasteiger partial charge in [0, 0.05) is 17.8 Å². The summed E-state index contributed by atoms with van der Waals surface area (Å²) in [5.74, 6) is -0.0660. The van der Waals surface area contributed by atoms with Crippen molar-refractivity contribution in [2.75, 3.05) is 11.9 Å². The van der Waals surface area contributed by atoms with E-state index in [2.05, 4.69) is 17.6 Å². The maximum Gasteiger partial charge on any atom is 0.255 e. The molecule has 3 heteroatoms. The molecule has 0 fully saturated rings. The van der Waals surface area contributed by atoms with Crippen molar-refractivity contribution in [3.05, 3.63) is 65.2 Å². The van der Waals surface area contributed by atoms with Gasteiger partial charge in [-0.2, -0.15) is 0 Å². The minimum atomic E-state index is -0.0660. The lowest BCUT2D eigenvalue weighted by Gasteiger charge is -2.09. The lowest BCUT2D eigenvalue weighted by atomic mass is 10.1. The Morgan fingerprint density at radius 3 is 2.65 bits per heavy atom. The molecule has 104 valence electrons. The van der Waals surface area contributed by atoms with Crippen molar-refractivity contribution in [1.82, 2.24) is 5.32 Å². The molecule has 0 unspecified atom stereocenters. The van der Waals surface area contributed by atoms with E-state index in [1.807, 2.05) is 55.5 Å². The SMILES string of the molecule is CCNCc1cccc(NC(=O)c2ccccc2C)c1. The van der Waals surface area contributed by atoms with Gasteiger partial charge in [-0.25, -0.2) is 0 Å². The van der Waals surface area contributed by atoms with Crippen molar-refractivity contribution in [3.63, 3.8) is 0 Å². The first kappa shape index (κ1) is 14.3. The van der Waals surface area contributed by atoms with Gasteiger partial charge in [0.2, 0.25) is 0 Å². The first-order valence-electron chi connectivity index (χ1n) is 6.87. The van der Waals surface area contributed by atoms with Crippen LogP contribution in [0.3, 0.4) is 0 Å². The molecule has 20 heavy (non-hydrogen) atoms. The van der Waals surface area contributed by atoms with E-state index in [4.69, 9.17) is 0 Å². The third kappa shape index (κ3) is 3.68. The Balaban J connectivity index is 2.10. The normalized spacial score (nSPS) is 10.3. The molecule has 0 aliphatic rings. The molecule has 2 aromatic rings. The fourth-order valence-corrected chi connectivity index (χ4v) is 2.05. The van der Waals surface area contributed by atoms with Crippen molar-refractivity contribution >= 4 is 11.6 Å². The summed E-state index contributed by atoms with van der Waals surface area (Å²) >= 11 is 0. The van der Waals surface area contributed by atoms with Crippen LogP contribution < -0.4 is 10.6 Å². The van der Waals surface area contributed by atoms with Crippen molar-refractivity contribution in [1.29, 1.82) is 0 Å². The second-order valence-electron chi connectivity index (χ2n) is 4.75. The lowest BCUT2D eigenvalue weighted by Crippen LogP contribution is -2.14. The molecule has 0 radical (unpaired) electrons.